The van der Waals surface area contributed by atoms with Crippen LogP contribution in [0.2, 0.25) is 0 Å². The molecule has 1 saturated heterocycles. The SMILES string of the molecule is CN1C2C(=Cc3ccccc32)C(Cl)C2[C+](OS(=O)(=O)C(F)(F)F)CCCC21. The molecule has 27 heavy (non-hydrogen) atoms. The first-order valence-corrected chi connectivity index (χ1v) is 10.5. The van der Waals surface area contributed by atoms with Crippen molar-refractivity contribution in [2.75, 3.05) is 7.05 Å². The number of alkyl halides is 4. The molecule has 146 valence electrons. The Morgan fingerprint density at radius 1 is 1.30 bits per heavy atom. The van der Waals surface area contributed by atoms with E-state index in [4.69, 9.17) is 11.6 Å². The average Bonchev–Trinajstić information content (AvgIpc) is 2.98. The van der Waals surface area contributed by atoms with Gasteiger partial charge in [0.15, 0.2) is 5.92 Å². The lowest BCUT2D eigenvalue weighted by Gasteiger charge is -2.46. The number of hydrogen-bond acceptors (Lipinski definition) is 4. The van der Waals surface area contributed by atoms with Crippen LogP contribution in [0.5, 0.6) is 0 Å². The van der Waals surface area contributed by atoms with E-state index in [0.717, 1.165) is 23.1 Å². The second-order valence-electron chi connectivity index (χ2n) is 7.18. The van der Waals surface area contributed by atoms with Gasteiger partial charge in [0, 0.05) is 0 Å². The average molecular weight is 421 g/mol. The number of likely N-dealkylation sites (tertiary alicyclic amines) is 1. The van der Waals surface area contributed by atoms with Crippen molar-refractivity contribution >= 4 is 27.8 Å². The van der Waals surface area contributed by atoms with E-state index >= 15 is 0 Å². The molecule has 1 aromatic carbocycles. The monoisotopic (exact) mass is 420 g/mol. The first kappa shape index (κ1) is 19.1. The first-order chi connectivity index (χ1) is 12.6. The van der Waals surface area contributed by atoms with E-state index in [0.29, 0.717) is 6.42 Å². The molecule has 4 unspecified atom stereocenters. The molecule has 4 atom stereocenters. The van der Waals surface area contributed by atoms with E-state index in [1.165, 1.54) is 0 Å². The highest BCUT2D eigenvalue weighted by molar-refractivity contribution is 7.87. The highest BCUT2D eigenvalue weighted by Crippen LogP contribution is 2.54. The summed E-state index contributed by atoms with van der Waals surface area (Å²) in [6.07, 6.45) is 3.28. The Balaban J connectivity index is 1.69. The van der Waals surface area contributed by atoms with E-state index in [1.807, 2.05) is 37.4 Å². The Morgan fingerprint density at radius 3 is 2.70 bits per heavy atom. The molecule has 1 heterocycles. The topological polar surface area (TPSA) is 46.6 Å². The number of piperidine rings is 1. The molecule has 0 spiro atoms. The maximum absolute atomic E-state index is 12.8. The van der Waals surface area contributed by atoms with Crippen LogP contribution in [-0.4, -0.2) is 37.3 Å². The van der Waals surface area contributed by atoms with Crippen LogP contribution in [0.25, 0.3) is 6.08 Å². The molecule has 3 aliphatic rings. The van der Waals surface area contributed by atoms with Crippen molar-refractivity contribution in [3.05, 3.63) is 47.1 Å². The molecular formula is C18H18ClF3NO3S+. The van der Waals surface area contributed by atoms with Crippen molar-refractivity contribution in [3.63, 3.8) is 0 Å². The van der Waals surface area contributed by atoms with Gasteiger partial charge < -0.3 is 0 Å². The van der Waals surface area contributed by atoms with Crippen molar-refractivity contribution < 1.29 is 25.8 Å². The van der Waals surface area contributed by atoms with Crippen LogP contribution < -0.4 is 0 Å². The fraction of sp³-hybridized carbons (Fsp3) is 0.500. The van der Waals surface area contributed by atoms with Gasteiger partial charge in [-0.25, -0.2) is 0 Å². The summed E-state index contributed by atoms with van der Waals surface area (Å²) in [4.78, 5) is 2.09. The van der Waals surface area contributed by atoms with Gasteiger partial charge in [0.2, 0.25) is 0 Å². The standard InChI is InChI=1S/C18H18ClF3NO3S/c1-23-13-7-4-8-14(26-27(24,25)18(20,21)22)15(13)16(19)12-9-10-5-2-3-6-11(10)17(12)23/h2-3,5-6,9,13,15-17H,4,7-8H2,1H3/q+1. The second kappa shape index (κ2) is 6.40. The summed E-state index contributed by atoms with van der Waals surface area (Å²) in [5.41, 5.74) is -2.45. The smallest absolute Gasteiger partial charge is 0.288 e. The van der Waals surface area contributed by atoms with Gasteiger partial charge in [-0.3, -0.25) is 4.90 Å². The number of halogens is 4. The van der Waals surface area contributed by atoms with Crippen LogP contribution in [0, 0.1) is 12.0 Å². The fourth-order valence-corrected chi connectivity index (χ4v) is 5.62. The number of rotatable bonds is 2. The zero-order valence-electron chi connectivity index (χ0n) is 14.4. The molecule has 0 radical (unpaired) electrons. The third-order valence-corrected chi connectivity index (χ3v) is 7.23. The molecule has 4 rings (SSSR count). The van der Waals surface area contributed by atoms with E-state index < -0.39 is 26.9 Å². The highest BCUT2D eigenvalue weighted by Gasteiger charge is 2.61. The summed E-state index contributed by atoms with van der Waals surface area (Å²) in [6, 6.07) is 7.60. The minimum atomic E-state index is -5.70. The van der Waals surface area contributed by atoms with Crippen molar-refractivity contribution in [1.29, 1.82) is 0 Å². The highest BCUT2D eigenvalue weighted by atomic mass is 35.5. The zero-order valence-corrected chi connectivity index (χ0v) is 16.0. The van der Waals surface area contributed by atoms with Crippen LogP contribution in [0.3, 0.4) is 0 Å². The zero-order chi connectivity index (χ0) is 19.6. The van der Waals surface area contributed by atoms with Gasteiger partial charge in [0.05, 0.1) is 12.1 Å². The van der Waals surface area contributed by atoms with Gasteiger partial charge >= 0.3 is 15.6 Å². The summed E-state index contributed by atoms with van der Waals surface area (Å²) in [5, 5.41) is -0.623. The Kier molecular flexibility index (Phi) is 4.53. The molecular weight excluding hydrogens is 403 g/mol. The van der Waals surface area contributed by atoms with Crippen LogP contribution in [0.1, 0.15) is 36.4 Å². The van der Waals surface area contributed by atoms with Gasteiger partial charge in [-0.15, -0.1) is 11.6 Å². The van der Waals surface area contributed by atoms with E-state index in [2.05, 4.69) is 9.08 Å². The number of benzene rings is 1. The molecule has 1 aromatic rings. The minimum Gasteiger partial charge on any atom is -0.288 e. The summed E-state index contributed by atoms with van der Waals surface area (Å²) in [6.45, 7) is 0. The Labute approximate surface area is 161 Å². The second-order valence-corrected chi connectivity index (χ2v) is 9.19. The number of likely N-dealkylation sites (N-methyl/N-ethyl adjacent to an activating group) is 1. The molecule has 2 fully saturated rings. The summed E-state index contributed by atoms with van der Waals surface area (Å²) >= 11 is 6.71. The molecule has 4 nitrogen and oxygen atoms in total. The number of nitrogens with zero attached hydrogens (tertiary/aromatic N) is 1. The lowest BCUT2D eigenvalue weighted by molar-refractivity contribution is -0.0573. The van der Waals surface area contributed by atoms with Gasteiger partial charge in [-0.1, -0.05) is 34.5 Å². The molecule has 2 aliphatic carbocycles. The summed E-state index contributed by atoms with van der Waals surface area (Å²) in [5.74, 6) is -0.612. The predicted octanol–water partition coefficient (Wildman–Crippen LogP) is 4.24. The van der Waals surface area contributed by atoms with Gasteiger partial charge in [0.25, 0.3) is 6.10 Å². The van der Waals surface area contributed by atoms with Crippen LogP contribution in [-0.2, 0) is 14.3 Å². The Morgan fingerprint density at radius 2 is 2.00 bits per heavy atom. The van der Waals surface area contributed by atoms with Crippen LogP contribution in [0.15, 0.2) is 29.8 Å². The fourth-order valence-electron chi connectivity index (χ4n) is 4.56. The molecule has 0 bridgehead atoms. The molecule has 0 aromatic heterocycles. The Hall–Kier alpha value is -1.22. The lowest BCUT2D eigenvalue weighted by atomic mass is 9.72. The molecule has 0 amide bonds. The molecule has 1 saturated carbocycles. The molecule has 0 N–H and O–H groups in total. The Bertz CT molecular complexity index is 886. The van der Waals surface area contributed by atoms with Crippen molar-refractivity contribution in [2.45, 2.75) is 42.2 Å². The third kappa shape index (κ3) is 2.97. The predicted molar refractivity (Wildman–Crippen MR) is 95.0 cm³/mol. The summed E-state index contributed by atoms with van der Waals surface area (Å²) < 4.78 is 66.1. The molecule has 9 heteroatoms. The summed E-state index contributed by atoms with van der Waals surface area (Å²) in [7, 11) is -3.79. The van der Waals surface area contributed by atoms with E-state index in [1.54, 1.807) is 0 Å². The van der Waals surface area contributed by atoms with Crippen molar-refractivity contribution in [2.24, 2.45) is 5.92 Å². The van der Waals surface area contributed by atoms with Crippen molar-refractivity contribution in [1.82, 2.24) is 4.90 Å². The lowest BCUT2D eigenvalue weighted by Crippen LogP contribution is -2.54. The van der Waals surface area contributed by atoms with Gasteiger partial charge in [-0.05, 0) is 36.6 Å². The molecule has 1 aliphatic heterocycles. The minimum absolute atomic E-state index is 0.0523. The van der Waals surface area contributed by atoms with Crippen LogP contribution >= 0.6 is 11.6 Å². The first-order valence-electron chi connectivity index (χ1n) is 8.64. The maximum Gasteiger partial charge on any atom is 0.526 e. The third-order valence-electron chi connectivity index (χ3n) is 5.70. The van der Waals surface area contributed by atoms with Gasteiger partial charge in [-0.2, -0.15) is 21.6 Å². The number of fused-ring (bicyclic) bond motifs is 4. The maximum atomic E-state index is 12.8. The largest absolute Gasteiger partial charge is 0.526 e. The van der Waals surface area contributed by atoms with Crippen molar-refractivity contribution in [3.8, 4) is 0 Å². The normalized spacial score (nSPS) is 31.1. The van der Waals surface area contributed by atoms with E-state index in [9.17, 15) is 21.6 Å². The number of hydrogen-bond donors (Lipinski definition) is 0. The quantitative estimate of drug-likeness (QED) is 0.311. The van der Waals surface area contributed by atoms with Gasteiger partial charge in [0.1, 0.15) is 11.8 Å². The van der Waals surface area contributed by atoms with Crippen LogP contribution in [0.4, 0.5) is 13.2 Å². The van der Waals surface area contributed by atoms with E-state index in [-0.39, 0.29) is 24.6 Å².